The topological polar surface area (TPSA) is 85.1 Å². The van der Waals surface area contributed by atoms with E-state index in [4.69, 9.17) is 5.73 Å². The van der Waals surface area contributed by atoms with Crippen molar-refractivity contribution in [3.8, 4) is 0 Å². The maximum atomic E-state index is 13.2. The summed E-state index contributed by atoms with van der Waals surface area (Å²) in [5.74, 6) is -0.793. The van der Waals surface area contributed by atoms with Gasteiger partial charge in [-0.15, -0.1) is 11.3 Å². The number of primary amides is 1. The van der Waals surface area contributed by atoms with Gasteiger partial charge in [0, 0.05) is 6.42 Å². The summed E-state index contributed by atoms with van der Waals surface area (Å²) < 4.78 is 13.2. The Balaban J connectivity index is 1.82. The molecule has 0 saturated carbocycles. The lowest BCUT2D eigenvalue weighted by molar-refractivity contribution is -0.122. The molecule has 128 valence electrons. The molecule has 1 aromatic heterocycles. The molecule has 0 saturated heterocycles. The Kier molecular flexibility index (Phi) is 6.03. The van der Waals surface area contributed by atoms with E-state index in [2.05, 4.69) is 10.3 Å². The molecule has 0 aliphatic heterocycles. The summed E-state index contributed by atoms with van der Waals surface area (Å²) in [6, 6.07) is 6.40. The molecular formula is C17H20FN3O2S. The number of aryl methyl sites for hydroxylation is 1. The number of halogens is 1. The highest BCUT2D eigenvalue weighted by Gasteiger charge is 2.14. The largest absolute Gasteiger partial charge is 0.365 e. The van der Waals surface area contributed by atoms with Crippen LogP contribution in [0, 0.1) is 18.7 Å². The molecule has 2 rings (SSSR count). The Bertz CT molecular complexity index is 745. The first-order valence-corrected chi connectivity index (χ1v) is 8.44. The van der Waals surface area contributed by atoms with E-state index in [9.17, 15) is 14.0 Å². The zero-order valence-electron chi connectivity index (χ0n) is 13.6. The summed E-state index contributed by atoms with van der Waals surface area (Å²) in [6.45, 7) is 3.93. The third-order valence-electron chi connectivity index (χ3n) is 3.51. The Morgan fingerprint density at radius 1 is 1.42 bits per heavy atom. The number of rotatable bonds is 7. The minimum Gasteiger partial charge on any atom is -0.365 e. The van der Waals surface area contributed by atoms with Crippen molar-refractivity contribution in [3.05, 3.63) is 51.2 Å². The van der Waals surface area contributed by atoms with Crippen LogP contribution in [0.2, 0.25) is 0 Å². The second-order valence-corrected chi connectivity index (χ2v) is 6.89. The van der Waals surface area contributed by atoms with Gasteiger partial charge in [0.2, 0.25) is 5.91 Å². The molecular weight excluding hydrogens is 329 g/mol. The number of carbonyl (C=O) groups is 2. The number of nitrogens with zero attached hydrogens (tertiary/aromatic N) is 1. The van der Waals surface area contributed by atoms with Gasteiger partial charge in [0.1, 0.15) is 15.7 Å². The maximum absolute atomic E-state index is 13.2. The summed E-state index contributed by atoms with van der Waals surface area (Å²) >= 11 is 1.19. The highest BCUT2D eigenvalue weighted by Crippen LogP contribution is 2.17. The van der Waals surface area contributed by atoms with E-state index in [0.717, 1.165) is 5.56 Å². The molecule has 2 aromatic rings. The Morgan fingerprint density at radius 3 is 2.79 bits per heavy atom. The van der Waals surface area contributed by atoms with E-state index >= 15 is 0 Å². The van der Waals surface area contributed by atoms with Crippen LogP contribution in [-0.2, 0) is 17.8 Å². The fraction of sp³-hybridized carbons (Fsp3) is 0.353. The summed E-state index contributed by atoms with van der Waals surface area (Å²) in [5, 5.41) is 3.44. The molecule has 2 amide bonds. The summed E-state index contributed by atoms with van der Waals surface area (Å²) in [6.07, 6.45) is 0.969. The second kappa shape index (κ2) is 8.01. The minimum atomic E-state index is -0.508. The van der Waals surface area contributed by atoms with Crippen molar-refractivity contribution in [1.82, 2.24) is 10.3 Å². The van der Waals surface area contributed by atoms with Crippen molar-refractivity contribution < 1.29 is 14.0 Å². The van der Waals surface area contributed by atoms with E-state index in [0.29, 0.717) is 28.4 Å². The summed E-state index contributed by atoms with van der Waals surface area (Å²) in [5.41, 5.74) is 6.70. The van der Waals surface area contributed by atoms with E-state index in [1.165, 1.54) is 23.5 Å². The fourth-order valence-corrected chi connectivity index (χ4v) is 3.31. The van der Waals surface area contributed by atoms with Crippen molar-refractivity contribution in [2.45, 2.75) is 33.2 Å². The van der Waals surface area contributed by atoms with Crippen molar-refractivity contribution >= 4 is 23.2 Å². The summed E-state index contributed by atoms with van der Waals surface area (Å²) in [4.78, 5) is 27.8. The third-order valence-corrected chi connectivity index (χ3v) is 4.68. The van der Waals surface area contributed by atoms with Crippen LogP contribution < -0.4 is 11.1 Å². The quantitative estimate of drug-likeness (QED) is 0.806. The molecule has 0 aliphatic carbocycles. The smallest absolute Gasteiger partial charge is 0.260 e. The van der Waals surface area contributed by atoms with Crippen LogP contribution in [0.15, 0.2) is 24.3 Å². The Labute approximate surface area is 144 Å². The van der Waals surface area contributed by atoms with Crippen molar-refractivity contribution in [2.24, 2.45) is 11.7 Å². The molecule has 7 heteroatoms. The zero-order chi connectivity index (χ0) is 17.7. The lowest BCUT2D eigenvalue weighted by Crippen LogP contribution is -2.25. The first kappa shape index (κ1) is 18.1. The number of benzene rings is 1. The van der Waals surface area contributed by atoms with Crippen LogP contribution in [-0.4, -0.2) is 16.8 Å². The number of hydrogen-bond donors (Lipinski definition) is 2. The van der Waals surface area contributed by atoms with Gasteiger partial charge in [0.15, 0.2) is 0 Å². The highest BCUT2D eigenvalue weighted by atomic mass is 32.1. The molecule has 1 unspecified atom stereocenters. The number of nitrogens with one attached hydrogen (secondary N) is 1. The lowest BCUT2D eigenvalue weighted by atomic mass is 9.98. The molecule has 0 fully saturated rings. The molecule has 0 radical (unpaired) electrons. The van der Waals surface area contributed by atoms with Gasteiger partial charge in [0.25, 0.3) is 5.91 Å². The average Bonchev–Trinajstić information content (AvgIpc) is 2.86. The third kappa shape index (κ3) is 5.13. The molecule has 24 heavy (non-hydrogen) atoms. The van der Waals surface area contributed by atoms with E-state index in [1.54, 1.807) is 13.0 Å². The SMILES string of the molecule is Cc1nc(CNC(=O)CC(C)Cc2cccc(F)c2)sc1C(N)=O. The number of carbonyl (C=O) groups excluding carboxylic acids is 2. The molecule has 0 aliphatic rings. The number of aromatic nitrogens is 1. The van der Waals surface area contributed by atoms with Crippen molar-refractivity contribution in [2.75, 3.05) is 0 Å². The van der Waals surface area contributed by atoms with E-state index in [1.807, 2.05) is 13.0 Å². The first-order valence-electron chi connectivity index (χ1n) is 7.62. The van der Waals surface area contributed by atoms with Gasteiger partial charge in [-0.3, -0.25) is 9.59 Å². The highest BCUT2D eigenvalue weighted by molar-refractivity contribution is 7.13. The summed E-state index contributed by atoms with van der Waals surface area (Å²) in [7, 11) is 0. The Hall–Kier alpha value is -2.28. The standard InChI is InChI=1S/C17H20FN3O2S/c1-10(6-12-4-3-5-13(18)8-12)7-14(22)20-9-15-21-11(2)16(24-15)17(19)23/h3-5,8,10H,6-7,9H2,1-2H3,(H2,19,23)(H,20,22). The number of amides is 2. The molecule has 1 atom stereocenters. The van der Waals surface area contributed by atoms with Crippen molar-refractivity contribution in [3.63, 3.8) is 0 Å². The molecule has 0 spiro atoms. The molecule has 3 N–H and O–H groups in total. The van der Waals surface area contributed by atoms with Crippen LogP contribution in [0.1, 0.15) is 39.3 Å². The first-order chi connectivity index (χ1) is 11.3. The minimum absolute atomic E-state index is 0.0889. The fourth-order valence-electron chi connectivity index (χ4n) is 2.46. The maximum Gasteiger partial charge on any atom is 0.260 e. The van der Waals surface area contributed by atoms with Crippen LogP contribution in [0.3, 0.4) is 0 Å². The number of hydrogen-bond acceptors (Lipinski definition) is 4. The second-order valence-electron chi connectivity index (χ2n) is 5.81. The monoisotopic (exact) mass is 349 g/mol. The molecule has 5 nitrogen and oxygen atoms in total. The average molecular weight is 349 g/mol. The van der Waals surface area contributed by atoms with E-state index < -0.39 is 5.91 Å². The molecule has 1 heterocycles. The number of nitrogens with two attached hydrogens (primary N) is 1. The predicted molar refractivity (Wildman–Crippen MR) is 91.1 cm³/mol. The molecule has 0 bridgehead atoms. The van der Waals surface area contributed by atoms with Crippen LogP contribution in [0.4, 0.5) is 4.39 Å². The predicted octanol–water partition coefficient (Wildman–Crippen LogP) is 2.57. The van der Waals surface area contributed by atoms with Gasteiger partial charge in [-0.2, -0.15) is 0 Å². The van der Waals surface area contributed by atoms with Gasteiger partial charge >= 0.3 is 0 Å². The van der Waals surface area contributed by atoms with Gasteiger partial charge in [0.05, 0.1) is 12.2 Å². The van der Waals surface area contributed by atoms with Gasteiger partial charge < -0.3 is 11.1 Å². The van der Waals surface area contributed by atoms with Gasteiger partial charge in [-0.05, 0) is 37.0 Å². The number of thiazole rings is 1. The van der Waals surface area contributed by atoms with Gasteiger partial charge in [-0.25, -0.2) is 9.37 Å². The van der Waals surface area contributed by atoms with E-state index in [-0.39, 0.29) is 24.2 Å². The van der Waals surface area contributed by atoms with Crippen LogP contribution >= 0.6 is 11.3 Å². The van der Waals surface area contributed by atoms with Crippen LogP contribution in [0.5, 0.6) is 0 Å². The van der Waals surface area contributed by atoms with Crippen LogP contribution in [0.25, 0.3) is 0 Å². The van der Waals surface area contributed by atoms with Gasteiger partial charge in [-0.1, -0.05) is 19.1 Å². The Morgan fingerprint density at radius 2 is 2.17 bits per heavy atom. The lowest BCUT2D eigenvalue weighted by Gasteiger charge is -2.11. The van der Waals surface area contributed by atoms with Crippen molar-refractivity contribution in [1.29, 1.82) is 0 Å². The zero-order valence-corrected chi connectivity index (χ0v) is 14.5. The molecule has 1 aromatic carbocycles. The normalized spacial score (nSPS) is 12.0.